The summed E-state index contributed by atoms with van der Waals surface area (Å²) in [6.07, 6.45) is 2.04. The average molecular weight is 337 g/mol. The lowest BCUT2D eigenvalue weighted by molar-refractivity contribution is 0.614. The molecule has 0 aliphatic carbocycles. The van der Waals surface area contributed by atoms with Crippen LogP contribution < -0.4 is 0 Å². The number of aromatic nitrogens is 2. The van der Waals surface area contributed by atoms with E-state index in [-0.39, 0.29) is 0 Å². The molecule has 0 aliphatic rings. The summed E-state index contributed by atoms with van der Waals surface area (Å²) in [7, 11) is 0. The predicted octanol–water partition coefficient (Wildman–Crippen LogP) is 5.38. The van der Waals surface area contributed by atoms with Crippen LogP contribution in [0.1, 0.15) is 6.92 Å². The van der Waals surface area contributed by atoms with Crippen LogP contribution in [0.15, 0.2) is 44.5 Å². The third kappa shape index (κ3) is 3.05. The van der Waals surface area contributed by atoms with Gasteiger partial charge in [0.25, 0.3) is 0 Å². The lowest BCUT2D eigenvalue weighted by Crippen LogP contribution is -1.88. The van der Waals surface area contributed by atoms with Gasteiger partial charge in [0, 0.05) is 9.79 Å². The molecule has 3 nitrogen and oxygen atoms in total. The minimum Gasteiger partial charge on any atom is -0.435 e. The molecule has 6 heteroatoms. The first-order valence-electron chi connectivity index (χ1n) is 6.45. The largest absolute Gasteiger partial charge is 0.435 e. The second-order valence-electron chi connectivity index (χ2n) is 4.27. The van der Waals surface area contributed by atoms with Gasteiger partial charge >= 0.3 is 0 Å². The second-order valence-corrected chi connectivity index (χ2v) is 6.84. The van der Waals surface area contributed by atoms with E-state index in [1.54, 1.807) is 29.6 Å². The zero-order valence-corrected chi connectivity index (χ0v) is 14.0. The Kier molecular flexibility index (Phi) is 4.42. The van der Waals surface area contributed by atoms with E-state index in [0.29, 0.717) is 16.7 Å². The molecule has 21 heavy (non-hydrogen) atoms. The molecular formula is C15H13ClN2OS2. The van der Waals surface area contributed by atoms with Crippen LogP contribution in [0.25, 0.3) is 22.7 Å². The highest BCUT2D eigenvalue weighted by molar-refractivity contribution is 7.99. The lowest BCUT2D eigenvalue weighted by atomic mass is 10.3. The van der Waals surface area contributed by atoms with Gasteiger partial charge in [0.2, 0.25) is 5.89 Å². The van der Waals surface area contributed by atoms with E-state index in [1.165, 1.54) is 0 Å². The first kappa shape index (κ1) is 14.8. The van der Waals surface area contributed by atoms with E-state index < -0.39 is 0 Å². The quantitative estimate of drug-likeness (QED) is 0.472. The Labute approximate surface area is 136 Å². The molecule has 0 radical (unpaired) electrons. The van der Waals surface area contributed by atoms with Gasteiger partial charge in [-0.05, 0) is 42.3 Å². The van der Waals surface area contributed by atoms with Crippen LogP contribution in [0.2, 0.25) is 5.15 Å². The monoisotopic (exact) mass is 336 g/mol. The van der Waals surface area contributed by atoms with Gasteiger partial charge in [0.05, 0.1) is 0 Å². The summed E-state index contributed by atoms with van der Waals surface area (Å²) in [6, 6.07) is 9.73. The van der Waals surface area contributed by atoms with Crippen LogP contribution in [0.3, 0.4) is 0 Å². The molecular weight excluding hydrogens is 324 g/mol. The van der Waals surface area contributed by atoms with E-state index in [1.807, 2.05) is 30.5 Å². The maximum absolute atomic E-state index is 6.02. The van der Waals surface area contributed by atoms with Gasteiger partial charge in [-0.25, -0.2) is 9.97 Å². The third-order valence-electron chi connectivity index (χ3n) is 2.92. The molecule has 0 saturated heterocycles. The van der Waals surface area contributed by atoms with Crippen molar-refractivity contribution in [3.63, 3.8) is 0 Å². The van der Waals surface area contributed by atoms with E-state index in [9.17, 15) is 0 Å². The van der Waals surface area contributed by atoms with Crippen molar-refractivity contribution in [3.05, 3.63) is 35.5 Å². The smallest absolute Gasteiger partial charge is 0.247 e. The standard InChI is InChI=1S/C15H13ClN2OS2/c1-3-21-12-6-7-13(16)18-14(12)15-17-10-8-9(20-2)4-5-11(10)19-15/h4-8H,3H2,1-2H3. The normalized spacial score (nSPS) is 11.2. The maximum Gasteiger partial charge on any atom is 0.247 e. The molecule has 1 aromatic carbocycles. The summed E-state index contributed by atoms with van der Waals surface area (Å²) in [5, 5.41) is 0.442. The van der Waals surface area contributed by atoms with Crippen molar-refractivity contribution in [3.8, 4) is 11.6 Å². The van der Waals surface area contributed by atoms with Crippen LogP contribution >= 0.6 is 35.1 Å². The van der Waals surface area contributed by atoms with Gasteiger partial charge in [-0.1, -0.05) is 18.5 Å². The van der Waals surface area contributed by atoms with Gasteiger partial charge in [-0.2, -0.15) is 0 Å². The molecule has 0 N–H and O–H groups in total. The minimum absolute atomic E-state index is 0.442. The number of thioether (sulfide) groups is 2. The molecule has 2 aromatic heterocycles. The summed E-state index contributed by atoms with van der Waals surface area (Å²) in [5.41, 5.74) is 2.30. The highest BCUT2D eigenvalue weighted by Gasteiger charge is 2.15. The number of pyridine rings is 1. The second kappa shape index (κ2) is 6.30. The summed E-state index contributed by atoms with van der Waals surface area (Å²) in [5.74, 6) is 1.47. The fourth-order valence-corrected chi connectivity index (χ4v) is 3.31. The topological polar surface area (TPSA) is 38.9 Å². The molecule has 0 saturated carbocycles. The van der Waals surface area contributed by atoms with Gasteiger partial charge in [0.15, 0.2) is 5.58 Å². The first-order chi connectivity index (χ1) is 10.2. The number of oxazole rings is 1. The molecule has 0 unspecified atom stereocenters. The molecule has 3 rings (SSSR count). The summed E-state index contributed by atoms with van der Waals surface area (Å²) >= 11 is 9.40. The Hall–Kier alpha value is -1.17. The van der Waals surface area contributed by atoms with Crippen molar-refractivity contribution in [2.45, 2.75) is 16.7 Å². The number of halogens is 1. The number of hydrogen-bond donors (Lipinski definition) is 0. The van der Waals surface area contributed by atoms with E-state index in [4.69, 9.17) is 16.0 Å². The van der Waals surface area contributed by atoms with Crippen molar-refractivity contribution < 1.29 is 4.42 Å². The van der Waals surface area contributed by atoms with Crippen LogP contribution in [0.5, 0.6) is 0 Å². The Morgan fingerprint density at radius 3 is 2.81 bits per heavy atom. The Balaban J connectivity index is 2.13. The van der Waals surface area contributed by atoms with E-state index in [0.717, 1.165) is 26.6 Å². The molecule has 0 aliphatic heterocycles. The molecule has 0 bridgehead atoms. The lowest BCUT2D eigenvalue weighted by Gasteiger charge is -2.03. The van der Waals surface area contributed by atoms with Crippen LogP contribution in [-0.4, -0.2) is 22.0 Å². The van der Waals surface area contributed by atoms with Crippen molar-refractivity contribution in [1.29, 1.82) is 0 Å². The highest BCUT2D eigenvalue weighted by atomic mass is 35.5. The minimum atomic E-state index is 0.442. The van der Waals surface area contributed by atoms with Crippen LogP contribution in [0.4, 0.5) is 0 Å². The third-order valence-corrected chi connectivity index (χ3v) is 4.79. The van der Waals surface area contributed by atoms with Crippen molar-refractivity contribution in [1.82, 2.24) is 9.97 Å². The van der Waals surface area contributed by atoms with Gasteiger partial charge < -0.3 is 4.42 Å². The Morgan fingerprint density at radius 1 is 1.19 bits per heavy atom. The van der Waals surface area contributed by atoms with E-state index in [2.05, 4.69) is 16.9 Å². The number of benzene rings is 1. The van der Waals surface area contributed by atoms with Gasteiger partial charge in [0.1, 0.15) is 16.4 Å². The fraction of sp³-hybridized carbons (Fsp3) is 0.200. The van der Waals surface area contributed by atoms with Crippen molar-refractivity contribution in [2.24, 2.45) is 0 Å². The molecule has 0 atom stereocenters. The van der Waals surface area contributed by atoms with Crippen LogP contribution in [-0.2, 0) is 0 Å². The van der Waals surface area contributed by atoms with Crippen LogP contribution in [0, 0.1) is 0 Å². The maximum atomic E-state index is 6.02. The average Bonchev–Trinajstić information content (AvgIpc) is 2.92. The molecule has 2 heterocycles. The molecule has 0 spiro atoms. The fourth-order valence-electron chi connectivity index (χ4n) is 1.98. The van der Waals surface area contributed by atoms with Crippen molar-refractivity contribution >= 4 is 46.2 Å². The molecule has 108 valence electrons. The summed E-state index contributed by atoms with van der Waals surface area (Å²) < 4.78 is 5.84. The first-order valence-corrected chi connectivity index (χ1v) is 9.04. The van der Waals surface area contributed by atoms with Gasteiger partial charge in [-0.3, -0.25) is 0 Å². The van der Waals surface area contributed by atoms with Crippen molar-refractivity contribution in [2.75, 3.05) is 12.0 Å². The molecule has 3 aromatic rings. The predicted molar refractivity (Wildman–Crippen MR) is 90.4 cm³/mol. The van der Waals surface area contributed by atoms with E-state index >= 15 is 0 Å². The zero-order chi connectivity index (χ0) is 14.8. The molecule has 0 amide bonds. The number of nitrogens with zero attached hydrogens (tertiary/aromatic N) is 2. The Bertz CT molecular complexity index is 788. The number of fused-ring (bicyclic) bond motifs is 1. The highest BCUT2D eigenvalue weighted by Crippen LogP contribution is 2.33. The molecule has 0 fully saturated rings. The summed E-state index contributed by atoms with van der Waals surface area (Å²) in [4.78, 5) is 11.1. The SMILES string of the molecule is CCSc1ccc(Cl)nc1-c1nc2cc(SC)ccc2o1. The number of rotatable bonds is 4. The Morgan fingerprint density at radius 2 is 2.05 bits per heavy atom. The zero-order valence-electron chi connectivity index (χ0n) is 11.6. The van der Waals surface area contributed by atoms with Gasteiger partial charge in [-0.15, -0.1) is 23.5 Å². The summed E-state index contributed by atoms with van der Waals surface area (Å²) in [6.45, 7) is 2.10. The number of hydrogen-bond acceptors (Lipinski definition) is 5.